The molecule has 0 atom stereocenters. The van der Waals surface area contributed by atoms with Crippen LogP contribution in [-0.4, -0.2) is 36.8 Å². The molecule has 0 aliphatic rings. The molecule has 11 heteroatoms. The molecule has 0 radical (unpaired) electrons. The molecule has 4 rings (SSSR count). The van der Waals surface area contributed by atoms with E-state index < -0.39 is 11.7 Å². The minimum Gasteiger partial charge on any atom is -0.354 e. The molecule has 2 aromatic heterocycles. The molecule has 0 aliphatic heterocycles. The number of Topliss-reactive ketones (excluding diaryl/α,β-unsaturated/α-hetero) is 1. The van der Waals surface area contributed by atoms with E-state index in [4.69, 9.17) is 0 Å². The lowest BCUT2D eigenvalue weighted by Crippen LogP contribution is -2.15. The van der Waals surface area contributed by atoms with Gasteiger partial charge in [0.15, 0.2) is 10.9 Å². The third-order valence-corrected chi connectivity index (χ3v) is 6.36. The van der Waals surface area contributed by atoms with Crippen LogP contribution >= 0.6 is 11.8 Å². The van der Waals surface area contributed by atoms with Gasteiger partial charge in [-0.25, -0.2) is 0 Å². The predicted molar refractivity (Wildman–Crippen MR) is 130 cm³/mol. The summed E-state index contributed by atoms with van der Waals surface area (Å²) in [4.78, 5) is 24.0. The highest BCUT2D eigenvalue weighted by atomic mass is 32.2. The van der Waals surface area contributed by atoms with Crippen LogP contribution in [0.15, 0.2) is 72.0 Å². The molecular weight excluding hydrogens is 491 g/mol. The van der Waals surface area contributed by atoms with Gasteiger partial charge in [0.2, 0.25) is 5.91 Å². The van der Waals surface area contributed by atoms with E-state index in [1.165, 1.54) is 13.0 Å². The summed E-state index contributed by atoms with van der Waals surface area (Å²) in [6.45, 7) is 1.46. The van der Waals surface area contributed by atoms with Gasteiger partial charge in [-0.05, 0) is 61.5 Å². The highest BCUT2D eigenvalue weighted by Crippen LogP contribution is 2.32. The maximum absolute atomic E-state index is 13.4. The molecule has 1 N–H and O–H groups in total. The molecule has 186 valence electrons. The fourth-order valence-corrected chi connectivity index (χ4v) is 4.32. The Morgan fingerprint density at radius 3 is 2.42 bits per heavy atom. The van der Waals surface area contributed by atoms with E-state index in [-0.39, 0.29) is 23.1 Å². The van der Waals surface area contributed by atoms with Gasteiger partial charge in [-0.3, -0.25) is 14.2 Å². The molecule has 0 aliphatic carbocycles. The molecule has 0 unspecified atom stereocenters. The fourth-order valence-electron chi connectivity index (χ4n) is 3.55. The quantitative estimate of drug-likeness (QED) is 0.260. The molecule has 0 bridgehead atoms. The first kappa shape index (κ1) is 25.2. The monoisotopic (exact) mass is 513 g/mol. The van der Waals surface area contributed by atoms with Gasteiger partial charge >= 0.3 is 6.18 Å². The number of nitrogens with zero attached hydrogens (tertiary/aromatic N) is 4. The number of amides is 1. The number of nitrogens with one attached hydrogen (secondary N) is 1. The van der Waals surface area contributed by atoms with Crippen LogP contribution in [0.1, 0.15) is 34.4 Å². The third-order valence-electron chi connectivity index (χ3n) is 5.43. The van der Waals surface area contributed by atoms with Crippen molar-refractivity contribution < 1.29 is 22.8 Å². The van der Waals surface area contributed by atoms with E-state index in [9.17, 15) is 22.8 Å². The van der Waals surface area contributed by atoms with Gasteiger partial charge in [0.25, 0.3) is 0 Å². The zero-order valence-electron chi connectivity index (χ0n) is 19.4. The van der Waals surface area contributed by atoms with Crippen LogP contribution in [0.2, 0.25) is 0 Å². The Morgan fingerprint density at radius 1 is 1.03 bits per heavy atom. The van der Waals surface area contributed by atoms with Crippen molar-refractivity contribution in [2.24, 2.45) is 7.05 Å². The van der Waals surface area contributed by atoms with Crippen molar-refractivity contribution in [2.75, 3.05) is 11.1 Å². The topological polar surface area (TPSA) is 81.8 Å². The molecule has 2 heterocycles. The summed E-state index contributed by atoms with van der Waals surface area (Å²) in [5, 5.41) is 11.4. The minimum absolute atomic E-state index is 0.0459. The molecule has 0 saturated heterocycles. The van der Waals surface area contributed by atoms with Crippen molar-refractivity contribution in [3.05, 3.63) is 89.5 Å². The number of hydrogen-bond acceptors (Lipinski definition) is 5. The van der Waals surface area contributed by atoms with E-state index >= 15 is 0 Å². The molecule has 2 aromatic carbocycles. The molecule has 7 nitrogen and oxygen atoms in total. The Morgan fingerprint density at radius 2 is 1.78 bits per heavy atom. The van der Waals surface area contributed by atoms with Crippen LogP contribution in [-0.2, 0) is 24.4 Å². The Bertz CT molecular complexity index is 1390. The number of thioether (sulfide) groups is 1. The number of aryl methyl sites for hydroxylation is 1. The number of rotatable bonds is 8. The van der Waals surface area contributed by atoms with Crippen LogP contribution in [0.3, 0.4) is 0 Å². The van der Waals surface area contributed by atoms with Gasteiger partial charge < -0.3 is 9.88 Å². The standard InChI is InChI=1S/C25H22F3N5O2S/c1-16(34)17-8-10-19(11-9-17)29-23(35)15-36-24-31-30-22(14-20-7-4-12-32(20)2)33(24)21-6-3-5-18(13-21)25(26,27)28/h3-13H,14-15H2,1-2H3,(H,29,35). The second-order valence-corrected chi connectivity index (χ2v) is 8.98. The molecule has 0 saturated carbocycles. The number of hydrogen-bond donors (Lipinski definition) is 1. The number of ketones is 1. The van der Waals surface area contributed by atoms with Crippen LogP contribution in [0, 0.1) is 0 Å². The molecule has 4 aromatic rings. The van der Waals surface area contributed by atoms with Gasteiger partial charge in [0.1, 0.15) is 5.82 Å². The first-order chi connectivity index (χ1) is 17.1. The van der Waals surface area contributed by atoms with Crippen LogP contribution in [0.4, 0.5) is 18.9 Å². The van der Waals surface area contributed by atoms with Crippen LogP contribution < -0.4 is 5.32 Å². The van der Waals surface area contributed by atoms with Crippen molar-refractivity contribution in [1.82, 2.24) is 19.3 Å². The lowest BCUT2D eigenvalue weighted by molar-refractivity contribution is -0.137. The van der Waals surface area contributed by atoms with Crippen molar-refractivity contribution >= 4 is 29.1 Å². The smallest absolute Gasteiger partial charge is 0.354 e. The number of carbonyl (C=O) groups is 2. The lowest BCUT2D eigenvalue weighted by atomic mass is 10.1. The maximum Gasteiger partial charge on any atom is 0.416 e. The minimum atomic E-state index is -4.51. The van der Waals surface area contributed by atoms with Crippen LogP contribution in [0.5, 0.6) is 0 Å². The van der Waals surface area contributed by atoms with Gasteiger partial charge in [-0.15, -0.1) is 10.2 Å². The average Bonchev–Trinajstić information content (AvgIpc) is 3.43. The second kappa shape index (κ2) is 10.4. The lowest BCUT2D eigenvalue weighted by Gasteiger charge is -2.13. The highest BCUT2D eigenvalue weighted by Gasteiger charge is 2.31. The summed E-state index contributed by atoms with van der Waals surface area (Å²) in [6, 6.07) is 15.2. The summed E-state index contributed by atoms with van der Waals surface area (Å²) < 4.78 is 43.6. The molecular formula is C25H22F3N5O2S. The van der Waals surface area contributed by atoms with E-state index in [2.05, 4.69) is 15.5 Å². The van der Waals surface area contributed by atoms with Crippen molar-refractivity contribution in [2.45, 2.75) is 24.7 Å². The van der Waals surface area contributed by atoms with E-state index in [1.807, 2.05) is 29.9 Å². The summed E-state index contributed by atoms with van der Waals surface area (Å²) in [5.74, 6) is -0.0177. The SMILES string of the molecule is CC(=O)c1ccc(NC(=O)CSc2nnc(Cc3cccn3C)n2-c2cccc(C(F)(F)F)c2)cc1. The number of benzene rings is 2. The van der Waals surface area contributed by atoms with Gasteiger partial charge in [0, 0.05) is 36.6 Å². The molecule has 0 fully saturated rings. The number of alkyl halides is 3. The predicted octanol–water partition coefficient (Wildman–Crippen LogP) is 5.15. The van der Waals surface area contributed by atoms with E-state index in [0.29, 0.717) is 28.7 Å². The molecule has 36 heavy (non-hydrogen) atoms. The Balaban J connectivity index is 1.58. The Labute approximate surface area is 209 Å². The average molecular weight is 514 g/mol. The van der Waals surface area contributed by atoms with E-state index in [0.717, 1.165) is 29.6 Å². The zero-order chi connectivity index (χ0) is 25.9. The highest BCUT2D eigenvalue weighted by molar-refractivity contribution is 7.99. The maximum atomic E-state index is 13.4. The van der Waals surface area contributed by atoms with Crippen molar-refractivity contribution in [1.29, 1.82) is 0 Å². The normalized spacial score (nSPS) is 11.5. The van der Waals surface area contributed by atoms with Crippen LogP contribution in [0.25, 0.3) is 5.69 Å². The first-order valence-electron chi connectivity index (χ1n) is 10.9. The second-order valence-electron chi connectivity index (χ2n) is 8.04. The summed E-state index contributed by atoms with van der Waals surface area (Å²) >= 11 is 1.06. The van der Waals surface area contributed by atoms with Gasteiger partial charge in [-0.2, -0.15) is 13.2 Å². The van der Waals surface area contributed by atoms with Gasteiger partial charge in [0.05, 0.1) is 17.0 Å². The number of halogens is 3. The van der Waals surface area contributed by atoms with Gasteiger partial charge in [-0.1, -0.05) is 17.8 Å². The summed E-state index contributed by atoms with van der Waals surface area (Å²) in [5.41, 5.74) is 1.42. The number of anilines is 1. The number of aromatic nitrogens is 4. The first-order valence-corrected chi connectivity index (χ1v) is 11.9. The van der Waals surface area contributed by atoms with Crippen molar-refractivity contribution in [3.8, 4) is 5.69 Å². The fraction of sp³-hybridized carbons (Fsp3) is 0.200. The zero-order valence-corrected chi connectivity index (χ0v) is 20.2. The summed E-state index contributed by atoms with van der Waals surface area (Å²) in [7, 11) is 1.86. The molecule has 0 spiro atoms. The third kappa shape index (κ3) is 5.85. The Hall–Kier alpha value is -3.86. The summed E-state index contributed by atoms with van der Waals surface area (Å²) in [6.07, 6.45) is -2.31. The Kier molecular flexibility index (Phi) is 7.30. The number of carbonyl (C=O) groups excluding carboxylic acids is 2. The largest absolute Gasteiger partial charge is 0.416 e. The molecule has 1 amide bonds. The van der Waals surface area contributed by atoms with Crippen molar-refractivity contribution in [3.63, 3.8) is 0 Å². The van der Waals surface area contributed by atoms with E-state index in [1.54, 1.807) is 34.9 Å².